The molecule has 2 aromatic rings. The monoisotopic (exact) mass is 297 g/mol. The molecule has 0 saturated heterocycles. The van der Waals surface area contributed by atoms with Crippen LogP contribution in [0.3, 0.4) is 0 Å². The van der Waals surface area contributed by atoms with Gasteiger partial charge < -0.3 is 4.74 Å². The number of rotatable bonds is 4. The first-order valence-corrected chi connectivity index (χ1v) is 6.22. The predicted molar refractivity (Wildman–Crippen MR) is 66.0 cm³/mol. The van der Waals surface area contributed by atoms with E-state index in [0.29, 0.717) is 17.9 Å². The molecule has 82 valence electrons. The Balaban J connectivity index is 2.12. The van der Waals surface area contributed by atoms with Crippen molar-refractivity contribution in [2.45, 2.75) is 6.61 Å². The van der Waals surface area contributed by atoms with Gasteiger partial charge in [-0.25, -0.2) is 0 Å². The Kier molecular flexibility index (Phi) is 3.69. The van der Waals surface area contributed by atoms with Gasteiger partial charge in [0.05, 0.1) is 16.0 Å². The molecular weight excluding hydrogens is 290 g/mol. The van der Waals surface area contributed by atoms with E-state index in [1.54, 1.807) is 23.8 Å². The van der Waals surface area contributed by atoms with E-state index in [1.165, 1.54) is 11.3 Å². The summed E-state index contributed by atoms with van der Waals surface area (Å²) in [5, 5.41) is 0. The smallest absolute Gasteiger partial charge is 0.153 e. The first-order chi connectivity index (χ1) is 7.79. The van der Waals surface area contributed by atoms with Crippen molar-refractivity contribution in [1.82, 2.24) is 4.98 Å². The lowest BCUT2D eigenvalue weighted by Crippen LogP contribution is -1.96. The molecular formula is C11H8BrNO2S. The van der Waals surface area contributed by atoms with E-state index in [2.05, 4.69) is 20.9 Å². The molecule has 0 bridgehead atoms. The molecule has 0 spiro atoms. The van der Waals surface area contributed by atoms with E-state index in [0.717, 1.165) is 15.6 Å². The number of nitrogens with zero attached hydrogens (tertiary/aromatic N) is 1. The van der Waals surface area contributed by atoms with Crippen molar-refractivity contribution < 1.29 is 9.53 Å². The lowest BCUT2D eigenvalue weighted by Gasteiger charge is -2.06. The second kappa shape index (κ2) is 5.23. The largest absolute Gasteiger partial charge is 0.487 e. The molecule has 1 heterocycles. The van der Waals surface area contributed by atoms with Gasteiger partial charge in [-0.05, 0) is 18.2 Å². The molecule has 0 unspecified atom stereocenters. The Morgan fingerprint density at radius 2 is 2.38 bits per heavy atom. The zero-order valence-corrected chi connectivity index (χ0v) is 10.6. The Labute approximate surface area is 105 Å². The molecule has 0 saturated carbocycles. The Morgan fingerprint density at radius 1 is 1.50 bits per heavy atom. The molecule has 0 radical (unpaired) electrons. The second-order valence-electron chi connectivity index (χ2n) is 3.06. The maximum Gasteiger partial charge on any atom is 0.153 e. The van der Waals surface area contributed by atoms with Crippen LogP contribution in [-0.4, -0.2) is 11.3 Å². The lowest BCUT2D eigenvalue weighted by atomic mass is 10.2. The number of thiazole rings is 1. The van der Waals surface area contributed by atoms with Gasteiger partial charge in [-0.15, -0.1) is 11.3 Å². The fourth-order valence-corrected chi connectivity index (χ4v) is 2.09. The van der Waals surface area contributed by atoms with Crippen LogP contribution in [0.2, 0.25) is 0 Å². The number of benzene rings is 1. The fourth-order valence-electron chi connectivity index (χ4n) is 1.21. The highest BCUT2D eigenvalue weighted by atomic mass is 79.9. The van der Waals surface area contributed by atoms with E-state index in [1.807, 2.05) is 6.07 Å². The zero-order chi connectivity index (χ0) is 11.4. The summed E-state index contributed by atoms with van der Waals surface area (Å²) in [6.07, 6.45) is 2.54. The van der Waals surface area contributed by atoms with Crippen LogP contribution in [0.4, 0.5) is 0 Å². The summed E-state index contributed by atoms with van der Waals surface area (Å²) in [5.41, 5.74) is 2.29. The highest BCUT2D eigenvalue weighted by molar-refractivity contribution is 9.10. The summed E-state index contributed by atoms with van der Waals surface area (Å²) in [4.78, 5) is 15.8. The molecule has 16 heavy (non-hydrogen) atoms. The molecule has 0 amide bonds. The number of halogens is 1. The fraction of sp³-hybridized carbons (Fsp3) is 0.0909. The molecule has 2 rings (SSSR count). The van der Waals surface area contributed by atoms with Crippen molar-refractivity contribution >= 4 is 33.6 Å². The third kappa shape index (κ3) is 2.68. The molecule has 0 fully saturated rings. The number of aromatic nitrogens is 1. The molecule has 0 N–H and O–H groups in total. The van der Waals surface area contributed by atoms with Gasteiger partial charge in [0, 0.05) is 10.7 Å². The minimum Gasteiger partial charge on any atom is -0.487 e. The third-order valence-corrected chi connectivity index (χ3v) is 3.20. The number of carbonyl (C=O) groups excluding carboxylic acids is 1. The van der Waals surface area contributed by atoms with Gasteiger partial charge >= 0.3 is 0 Å². The summed E-state index contributed by atoms with van der Waals surface area (Å²) in [5.74, 6) is 0.589. The van der Waals surface area contributed by atoms with Crippen molar-refractivity contribution in [3.05, 3.63) is 44.8 Å². The van der Waals surface area contributed by atoms with Crippen LogP contribution in [-0.2, 0) is 6.61 Å². The van der Waals surface area contributed by atoms with Crippen molar-refractivity contribution in [2.75, 3.05) is 0 Å². The van der Waals surface area contributed by atoms with E-state index in [4.69, 9.17) is 4.74 Å². The van der Waals surface area contributed by atoms with Gasteiger partial charge in [0.2, 0.25) is 0 Å². The van der Waals surface area contributed by atoms with Gasteiger partial charge in [0.25, 0.3) is 0 Å². The molecule has 3 nitrogen and oxygen atoms in total. The van der Waals surface area contributed by atoms with Gasteiger partial charge in [0.15, 0.2) is 6.29 Å². The van der Waals surface area contributed by atoms with Gasteiger partial charge in [-0.3, -0.25) is 9.78 Å². The molecule has 1 aromatic heterocycles. The van der Waals surface area contributed by atoms with Gasteiger partial charge in [0.1, 0.15) is 12.4 Å². The number of carbonyl (C=O) groups is 1. The van der Waals surface area contributed by atoms with Crippen LogP contribution in [0.1, 0.15) is 15.2 Å². The van der Waals surface area contributed by atoms with Gasteiger partial charge in [-0.2, -0.15) is 0 Å². The number of aldehydes is 1. The number of hydrogen-bond acceptors (Lipinski definition) is 4. The number of hydrogen-bond donors (Lipinski definition) is 0. The normalized spacial score (nSPS) is 10.1. The van der Waals surface area contributed by atoms with Crippen LogP contribution >= 0.6 is 27.3 Å². The highest BCUT2D eigenvalue weighted by Crippen LogP contribution is 2.23. The van der Waals surface area contributed by atoms with Crippen molar-refractivity contribution in [3.8, 4) is 5.75 Å². The van der Waals surface area contributed by atoms with Crippen LogP contribution in [0.25, 0.3) is 0 Å². The van der Waals surface area contributed by atoms with Crippen molar-refractivity contribution in [3.63, 3.8) is 0 Å². The Morgan fingerprint density at radius 3 is 3.06 bits per heavy atom. The minimum atomic E-state index is 0.438. The third-order valence-electron chi connectivity index (χ3n) is 1.95. The average molecular weight is 298 g/mol. The summed E-state index contributed by atoms with van der Waals surface area (Å²) in [6.45, 7) is 0.438. The summed E-state index contributed by atoms with van der Waals surface area (Å²) in [7, 11) is 0. The first kappa shape index (κ1) is 11.3. The maximum atomic E-state index is 10.8. The molecule has 0 aliphatic rings. The lowest BCUT2D eigenvalue weighted by molar-refractivity contribution is 0.111. The van der Waals surface area contributed by atoms with E-state index >= 15 is 0 Å². The molecule has 5 heteroatoms. The van der Waals surface area contributed by atoms with E-state index in [-0.39, 0.29) is 0 Å². The predicted octanol–water partition coefficient (Wildman–Crippen LogP) is 3.30. The SMILES string of the molecule is O=Cc1cc(Br)ccc1OCc1cncs1. The second-order valence-corrected chi connectivity index (χ2v) is 4.94. The molecule has 0 atom stereocenters. The van der Waals surface area contributed by atoms with Gasteiger partial charge in [-0.1, -0.05) is 15.9 Å². The quantitative estimate of drug-likeness (QED) is 0.813. The van der Waals surface area contributed by atoms with Crippen LogP contribution in [0.5, 0.6) is 5.75 Å². The van der Waals surface area contributed by atoms with Crippen LogP contribution in [0.15, 0.2) is 34.4 Å². The maximum absolute atomic E-state index is 10.8. The summed E-state index contributed by atoms with van der Waals surface area (Å²) in [6, 6.07) is 5.35. The molecule has 0 aliphatic carbocycles. The summed E-state index contributed by atoms with van der Waals surface area (Å²) >= 11 is 4.83. The Hall–Kier alpha value is -1.20. The van der Waals surface area contributed by atoms with Crippen molar-refractivity contribution in [1.29, 1.82) is 0 Å². The topological polar surface area (TPSA) is 39.2 Å². The molecule has 1 aromatic carbocycles. The van der Waals surface area contributed by atoms with Crippen LogP contribution in [0, 0.1) is 0 Å². The van der Waals surface area contributed by atoms with E-state index < -0.39 is 0 Å². The summed E-state index contributed by atoms with van der Waals surface area (Å²) < 4.78 is 6.41. The standard InChI is InChI=1S/C11H8BrNO2S/c12-9-1-2-11(8(3-9)5-14)15-6-10-4-13-7-16-10/h1-5,7H,6H2. The molecule has 0 aliphatic heterocycles. The number of ether oxygens (including phenoxy) is 1. The highest BCUT2D eigenvalue weighted by Gasteiger charge is 2.04. The van der Waals surface area contributed by atoms with E-state index in [9.17, 15) is 4.79 Å². The van der Waals surface area contributed by atoms with Crippen molar-refractivity contribution in [2.24, 2.45) is 0 Å². The average Bonchev–Trinajstić information content (AvgIpc) is 2.80. The first-order valence-electron chi connectivity index (χ1n) is 4.54. The van der Waals surface area contributed by atoms with Crippen LogP contribution < -0.4 is 4.74 Å². The Bertz CT molecular complexity index is 485. The zero-order valence-electron chi connectivity index (χ0n) is 8.22. The minimum absolute atomic E-state index is 0.438.